The third-order valence-electron chi connectivity index (χ3n) is 3.14. The van der Waals surface area contributed by atoms with Crippen LogP contribution in [0.5, 0.6) is 0 Å². The molecule has 0 bridgehead atoms. The molecule has 1 fully saturated rings. The summed E-state index contributed by atoms with van der Waals surface area (Å²) in [6, 6.07) is 4.01. The smallest absolute Gasteiger partial charge is 0.319 e. The van der Waals surface area contributed by atoms with E-state index in [2.05, 4.69) is 10.6 Å². The van der Waals surface area contributed by atoms with Gasteiger partial charge in [-0.25, -0.2) is 9.18 Å². The molecule has 1 aliphatic rings. The van der Waals surface area contributed by atoms with Crippen molar-refractivity contribution in [3.05, 3.63) is 35.1 Å². The molecule has 1 atom stereocenters. The molecule has 1 aromatic carbocycles. The molecule has 1 saturated heterocycles. The molecule has 0 aromatic heterocycles. The zero-order valence-corrected chi connectivity index (χ0v) is 9.63. The highest BCUT2D eigenvalue weighted by atomic mass is 19.1. The number of carbonyl (C=O) groups excluding carboxylic acids is 2. The van der Waals surface area contributed by atoms with Crippen LogP contribution in [-0.2, 0) is 10.3 Å². The van der Waals surface area contributed by atoms with Gasteiger partial charge in [0.1, 0.15) is 11.4 Å². The van der Waals surface area contributed by atoms with Gasteiger partial charge in [-0.2, -0.15) is 0 Å². The van der Waals surface area contributed by atoms with Crippen LogP contribution in [0.15, 0.2) is 18.2 Å². The predicted molar refractivity (Wildman–Crippen MR) is 59.8 cm³/mol. The lowest BCUT2D eigenvalue weighted by Gasteiger charge is -2.25. The average Bonchev–Trinajstić information content (AvgIpc) is 2.58. The van der Waals surface area contributed by atoms with E-state index in [4.69, 9.17) is 0 Å². The van der Waals surface area contributed by atoms with E-state index in [-0.39, 0.29) is 5.82 Å². The number of amides is 3. The summed E-state index contributed by atoms with van der Waals surface area (Å²) in [5.74, 6) is -0.822. The molecule has 3 amide bonds. The highest BCUT2D eigenvalue weighted by molar-refractivity contribution is 6.07. The molecule has 1 aliphatic heterocycles. The molecule has 0 spiro atoms. The Labute approximate surface area is 98.2 Å². The Morgan fingerprint density at radius 3 is 2.53 bits per heavy atom. The van der Waals surface area contributed by atoms with Gasteiger partial charge in [0, 0.05) is 0 Å². The summed E-state index contributed by atoms with van der Waals surface area (Å²) in [7, 11) is 0. The number of aryl methyl sites for hydroxylation is 1. The lowest BCUT2D eigenvalue weighted by Crippen LogP contribution is -2.43. The van der Waals surface area contributed by atoms with Gasteiger partial charge in [-0.1, -0.05) is 19.1 Å². The Bertz CT molecular complexity index is 501. The second kappa shape index (κ2) is 3.84. The molecule has 1 unspecified atom stereocenters. The van der Waals surface area contributed by atoms with E-state index < -0.39 is 17.5 Å². The molecule has 2 N–H and O–H groups in total. The Balaban J connectivity index is 2.52. The number of urea groups is 1. The van der Waals surface area contributed by atoms with Crippen LogP contribution >= 0.6 is 0 Å². The largest absolute Gasteiger partial charge is 0.322 e. The van der Waals surface area contributed by atoms with Crippen LogP contribution in [0.2, 0.25) is 0 Å². The number of carbonyl (C=O) groups is 2. The summed E-state index contributed by atoms with van der Waals surface area (Å²) >= 11 is 0. The van der Waals surface area contributed by atoms with Crippen LogP contribution < -0.4 is 10.6 Å². The van der Waals surface area contributed by atoms with E-state index in [9.17, 15) is 14.0 Å². The molecule has 4 nitrogen and oxygen atoms in total. The van der Waals surface area contributed by atoms with Gasteiger partial charge in [0.15, 0.2) is 0 Å². The van der Waals surface area contributed by atoms with Gasteiger partial charge in [0.05, 0.1) is 0 Å². The van der Waals surface area contributed by atoms with Crippen molar-refractivity contribution in [3.63, 3.8) is 0 Å². The Kier molecular flexibility index (Phi) is 2.61. The first kappa shape index (κ1) is 11.6. The first-order valence-electron chi connectivity index (χ1n) is 5.40. The molecule has 1 heterocycles. The Morgan fingerprint density at radius 1 is 1.35 bits per heavy atom. The maximum absolute atomic E-state index is 13.5. The lowest BCUT2D eigenvalue weighted by atomic mass is 9.87. The molecule has 2 rings (SSSR count). The summed E-state index contributed by atoms with van der Waals surface area (Å²) in [5.41, 5.74) is -0.179. The summed E-state index contributed by atoms with van der Waals surface area (Å²) in [6.45, 7) is 3.41. The van der Waals surface area contributed by atoms with Crippen LogP contribution in [-0.4, -0.2) is 11.9 Å². The average molecular weight is 236 g/mol. The molecule has 0 aliphatic carbocycles. The molecule has 17 heavy (non-hydrogen) atoms. The second-order valence-electron chi connectivity index (χ2n) is 4.13. The van der Waals surface area contributed by atoms with Gasteiger partial charge in [-0.15, -0.1) is 0 Å². The summed E-state index contributed by atoms with van der Waals surface area (Å²) in [6.07, 6.45) is 0.368. The summed E-state index contributed by atoms with van der Waals surface area (Å²) in [4.78, 5) is 23.0. The molecule has 90 valence electrons. The molecule has 0 radical (unpaired) electrons. The molecular formula is C12H13FN2O2. The van der Waals surface area contributed by atoms with Gasteiger partial charge in [-0.3, -0.25) is 10.1 Å². The van der Waals surface area contributed by atoms with Crippen molar-refractivity contribution < 1.29 is 14.0 Å². The zero-order valence-electron chi connectivity index (χ0n) is 9.63. The molecule has 0 saturated carbocycles. The molecule has 1 aromatic rings. The van der Waals surface area contributed by atoms with Crippen molar-refractivity contribution in [1.29, 1.82) is 0 Å². The van der Waals surface area contributed by atoms with Crippen LogP contribution in [0, 0.1) is 12.7 Å². The topological polar surface area (TPSA) is 58.2 Å². The second-order valence-corrected chi connectivity index (χ2v) is 4.13. The minimum atomic E-state index is -1.15. The number of halogens is 1. The van der Waals surface area contributed by atoms with Gasteiger partial charge in [0.25, 0.3) is 5.91 Å². The van der Waals surface area contributed by atoms with E-state index >= 15 is 0 Å². The number of imide groups is 1. The zero-order chi connectivity index (χ0) is 12.6. The maximum Gasteiger partial charge on any atom is 0.322 e. The third kappa shape index (κ3) is 1.67. The maximum atomic E-state index is 13.5. The van der Waals surface area contributed by atoms with Crippen LogP contribution in [0.3, 0.4) is 0 Å². The SMILES string of the molecule is CCC1(c2ccc(C)c(F)c2)NC(=O)NC1=O. The van der Waals surface area contributed by atoms with Crippen LogP contribution in [0.25, 0.3) is 0 Å². The van der Waals surface area contributed by atoms with E-state index in [1.807, 2.05) is 0 Å². The van der Waals surface area contributed by atoms with Gasteiger partial charge < -0.3 is 5.32 Å². The number of hydrogen-bond acceptors (Lipinski definition) is 2. The van der Waals surface area contributed by atoms with Gasteiger partial charge in [-0.05, 0) is 30.5 Å². The Hall–Kier alpha value is -1.91. The normalized spacial score (nSPS) is 23.5. The third-order valence-corrected chi connectivity index (χ3v) is 3.14. The highest BCUT2D eigenvalue weighted by Gasteiger charge is 2.46. The fraction of sp³-hybridized carbons (Fsp3) is 0.333. The van der Waals surface area contributed by atoms with Crippen LogP contribution in [0.1, 0.15) is 24.5 Å². The van der Waals surface area contributed by atoms with E-state index in [0.717, 1.165) is 0 Å². The van der Waals surface area contributed by atoms with Crippen LogP contribution in [0.4, 0.5) is 9.18 Å². The monoisotopic (exact) mass is 236 g/mol. The van der Waals surface area contributed by atoms with Crippen molar-refractivity contribution in [1.82, 2.24) is 10.6 Å². The summed E-state index contributed by atoms with van der Waals surface area (Å²) in [5, 5.41) is 4.74. The van der Waals surface area contributed by atoms with E-state index in [1.54, 1.807) is 26.0 Å². The minimum Gasteiger partial charge on any atom is -0.319 e. The van der Waals surface area contributed by atoms with Crippen molar-refractivity contribution in [2.24, 2.45) is 0 Å². The molecule has 5 heteroatoms. The van der Waals surface area contributed by atoms with Gasteiger partial charge in [0.2, 0.25) is 0 Å². The highest BCUT2D eigenvalue weighted by Crippen LogP contribution is 2.29. The number of benzene rings is 1. The number of hydrogen-bond donors (Lipinski definition) is 2. The van der Waals surface area contributed by atoms with Crippen molar-refractivity contribution in [3.8, 4) is 0 Å². The fourth-order valence-electron chi connectivity index (χ4n) is 2.01. The lowest BCUT2D eigenvalue weighted by molar-refractivity contribution is -0.124. The van der Waals surface area contributed by atoms with Gasteiger partial charge >= 0.3 is 6.03 Å². The quantitative estimate of drug-likeness (QED) is 0.766. The fourth-order valence-corrected chi connectivity index (χ4v) is 2.01. The first-order valence-corrected chi connectivity index (χ1v) is 5.40. The number of rotatable bonds is 2. The van der Waals surface area contributed by atoms with Crippen molar-refractivity contribution in [2.45, 2.75) is 25.8 Å². The molecular weight excluding hydrogens is 223 g/mol. The van der Waals surface area contributed by atoms with E-state index in [1.165, 1.54) is 6.07 Å². The van der Waals surface area contributed by atoms with E-state index in [0.29, 0.717) is 17.5 Å². The predicted octanol–water partition coefficient (Wildman–Crippen LogP) is 1.58. The van der Waals surface area contributed by atoms with Crippen molar-refractivity contribution >= 4 is 11.9 Å². The van der Waals surface area contributed by atoms with Crippen molar-refractivity contribution in [2.75, 3.05) is 0 Å². The number of nitrogens with one attached hydrogen (secondary N) is 2. The minimum absolute atomic E-state index is 0.368. The summed E-state index contributed by atoms with van der Waals surface area (Å²) < 4.78 is 13.5. The first-order chi connectivity index (χ1) is 7.99. The standard InChI is InChI=1S/C12H13FN2O2/c1-3-12(10(16)14-11(17)15-12)8-5-4-7(2)9(13)6-8/h4-6H,3H2,1-2H3,(H2,14,15,16,17). The Morgan fingerprint density at radius 2 is 2.06 bits per heavy atom.